The Morgan fingerprint density at radius 1 is 0.875 bits per heavy atom. The summed E-state index contributed by atoms with van der Waals surface area (Å²) in [6.45, 7) is 2.89. The summed E-state index contributed by atoms with van der Waals surface area (Å²) in [5.41, 5.74) is 1.73. The smallest absolute Gasteiger partial charge is 0.254 e. The van der Waals surface area contributed by atoms with Gasteiger partial charge in [0.05, 0.1) is 5.56 Å². The third kappa shape index (κ3) is 3.76. The Morgan fingerprint density at radius 3 is 2.28 bits per heavy atom. The lowest BCUT2D eigenvalue weighted by Crippen LogP contribution is -2.48. The zero-order valence-electron chi connectivity index (χ0n) is 17.7. The first-order chi connectivity index (χ1) is 15.4. The number of fused-ring (bicyclic) bond motifs is 1. The van der Waals surface area contributed by atoms with Crippen LogP contribution >= 0.6 is 0 Å². The average Bonchev–Trinajstić information content (AvgIpc) is 2.81. The summed E-state index contributed by atoms with van der Waals surface area (Å²) in [6, 6.07) is 12.8. The molecule has 0 atom stereocenters. The number of benzene rings is 2. The van der Waals surface area contributed by atoms with Gasteiger partial charge >= 0.3 is 0 Å². The van der Waals surface area contributed by atoms with E-state index in [2.05, 4.69) is 9.88 Å². The molecule has 2 fully saturated rings. The summed E-state index contributed by atoms with van der Waals surface area (Å²) >= 11 is 0. The van der Waals surface area contributed by atoms with Crippen LogP contribution in [0.5, 0.6) is 0 Å². The predicted octanol–water partition coefficient (Wildman–Crippen LogP) is 4.33. The Balaban J connectivity index is 1.25. The van der Waals surface area contributed by atoms with Crippen molar-refractivity contribution in [1.82, 2.24) is 9.88 Å². The summed E-state index contributed by atoms with van der Waals surface area (Å²) in [5, 5.41) is 0.761. The summed E-state index contributed by atoms with van der Waals surface area (Å²) < 4.78 is 26.8. The Hall–Kier alpha value is -3.22. The number of pyridine rings is 1. The van der Waals surface area contributed by atoms with E-state index in [0.29, 0.717) is 29.9 Å². The predicted molar refractivity (Wildman–Crippen MR) is 120 cm³/mol. The van der Waals surface area contributed by atoms with Gasteiger partial charge < -0.3 is 14.8 Å². The van der Waals surface area contributed by atoms with Crippen LogP contribution in [0, 0.1) is 17.0 Å². The van der Waals surface area contributed by atoms with E-state index in [1.807, 2.05) is 23.1 Å². The number of H-pyrrole nitrogens is 1. The van der Waals surface area contributed by atoms with E-state index in [4.69, 9.17) is 0 Å². The van der Waals surface area contributed by atoms with Gasteiger partial charge in [-0.15, -0.1) is 0 Å². The highest BCUT2D eigenvalue weighted by Gasteiger charge is 2.39. The van der Waals surface area contributed by atoms with Crippen molar-refractivity contribution in [2.75, 3.05) is 31.1 Å². The molecule has 0 radical (unpaired) electrons. The van der Waals surface area contributed by atoms with Gasteiger partial charge in [-0.1, -0.05) is 18.2 Å². The van der Waals surface area contributed by atoms with E-state index in [9.17, 15) is 18.4 Å². The number of hydrogen-bond donors (Lipinski definition) is 1. The SMILES string of the molecule is O=C(c1cc(=O)[nH]c2ccccc12)N1CCC2(CC1)CCN(c1ccc(F)c(F)c1)CC2. The van der Waals surface area contributed by atoms with E-state index in [1.165, 1.54) is 18.2 Å². The largest absolute Gasteiger partial charge is 0.371 e. The Bertz CT molecular complexity index is 1220. The van der Waals surface area contributed by atoms with Gasteiger partial charge in [-0.2, -0.15) is 0 Å². The van der Waals surface area contributed by atoms with Gasteiger partial charge in [0.15, 0.2) is 11.6 Å². The van der Waals surface area contributed by atoms with Gasteiger partial charge in [-0.05, 0) is 49.3 Å². The number of nitrogens with one attached hydrogen (secondary N) is 1. The van der Waals surface area contributed by atoms with Crippen molar-refractivity contribution in [3.63, 3.8) is 0 Å². The van der Waals surface area contributed by atoms with E-state index in [0.717, 1.165) is 44.2 Å². The second-order valence-corrected chi connectivity index (χ2v) is 8.97. The lowest BCUT2D eigenvalue weighted by molar-refractivity contribution is 0.0516. The zero-order valence-corrected chi connectivity index (χ0v) is 17.7. The number of likely N-dealkylation sites (tertiary alicyclic amines) is 1. The van der Waals surface area contributed by atoms with E-state index in [1.54, 1.807) is 12.1 Å². The number of para-hydroxylation sites is 1. The highest BCUT2D eigenvalue weighted by atomic mass is 19.2. The first-order valence-corrected chi connectivity index (χ1v) is 11.1. The zero-order chi connectivity index (χ0) is 22.3. The molecule has 2 aliphatic rings. The molecule has 0 unspecified atom stereocenters. The van der Waals surface area contributed by atoms with Crippen LogP contribution in [0.1, 0.15) is 36.0 Å². The standard InChI is InChI=1S/C25H25F2N3O2/c26-20-6-5-17(15-21(20)27)29-11-7-25(8-12-29)9-13-30(14-10-25)24(32)19-16-23(31)28-22-4-2-1-3-18(19)22/h1-6,15-16H,7-14H2,(H,28,31). The number of hydrogen-bond acceptors (Lipinski definition) is 3. The quantitative estimate of drug-likeness (QED) is 0.649. The first-order valence-electron chi connectivity index (χ1n) is 11.1. The molecule has 1 N–H and O–H groups in total. The van der Waals surface area contributed by atoms with Gasteiger partial charge in [-0.25, -0.2) is 8.78 Å². The van der Waals surface area contributed by atoms with E-state index in [-0.39, 0.29) is 16.9 Å². The molecular weight excluding hydrogens is 412 g/mol. The van der Waals surface area contributed by atoms with Gasteiger partial charge in [0, 0.05) is 54.9 Å². The molecule has 5 rings (SSSR count). The highest BCUT2D eigenvalue weighted by Crippen LogP contribution is 2.42. The summed E-state index contributed by atoms with van der Waals surface area (Å²) in [7, 11) is 0. The summed E-state index contributed by atoms with van der Waals surface area (Å²) in [6.07, 6.45) is 3.74. The number of nitrogens with zero attached hydrogens (tertiary/aromatic N) is 2. The maximum Gasteiger partial charge on any atom is 0.254 e. The average molecular weight is 437 g/mol. The lowest BCUT2D eigenvalue weighted by Gasteiger charge is -2.47. The Kier molecular flexibility index (Phi) is 5.19. The van der Waals surface area contributed by atoms with Crippen molar-refractivity contribution in [2.45, 2.75) is 25.7 Å². The molecule has 0 aliphatic carbocycles. The van der Waals surface area contributed by atoms with Crippen LogP contribution in [-0.4, -0.2) is 42.0 Å². The topological polar surface area (TPSA) is 56.4 Å². The number of carbonyl (C=O) groups excluding carboxylic acids is 1. The minimum Gasteiger partial charge on any atom is -0.371 e. The molecular formula is C25H25F2N3O2. The van der Waals surface area contributed by atoms with Crippen molar-refractivity contribution in [2.24, 2.45) is 5.41 Å². The normalized spacial score (nSPS) is 18.3. The molecule has 2 aromatic carbocycles. The third-order valence-electron chi connectivity index (χ3n) is 7.18. The summed E-state index contributed by atoms with van der Waals surface area (Å²) in [5.74, 6) is -1.74. The lowest BCUT2D eigenvalue weighted by atomic mass is 9.71. The fourth-order valence-corrected chi connectivity index (χ4v) is 5.16. The van der Waals surface area contributed by atoms with Crippen LogP contribution in [-0.2, 0) is 0 Å². The number of anilines is 1. The Morgan fingerprint density at radius 2 is 1.56 bits per heavy atom. The van der Waals surface area contributed by atoms with Crippen LogP contribution in [0.2, 0.25) is 0 Å². The molecule has 166 valence electrons. The first kappa shape index (κ1) is 20.7. The Labute approximate surface area is 184 Å². The molecule has 1 spiro atoms. The van der Waals surface area contributed by atoms with Crippen molar-refractivity contribution in [3.05, 3.63) is 76.1 Å². The van der Waals surface area contributed by atoms with Gasteiger partial charge in [0.1, 0.15) is 0 Å². The third-order valence-corrected chi connectivity index (χ3v) is 7.18. The van der Waals surface area contributed by atoms with Gasteiger partial charge in [0.25, 0.3) is 5.91 Å². The molecule has 7 heteroatoms. The fourth-order valence-electron chi connectivity index (χ4n) is 5.16. The minimum atomic E-state index is -0.826. The number of aromatic amines is 1. The van der Waals surface area contributed by atoms with Crippen molar-refractivity contribution < 1.29 is 13.6 Å². The molecule has 1 amide bonds. The number of aromatic nitrogens is 1. The molecule has 3 aromatic rings. The van der Waals surface area contributed by atoms with Gasteiger partial charge in [-0.3, -0.25) is 9.59 Å². The summed E-state index contributed by atoms with van der Waals surface area (Å²) in [4.78, 5) is 32.0. The van der Waals surface area contributed by atoms with Crippen LogP contribution in [0.15, 0.2) is 53.3 Å². The minimum absolute atomic E-state index is 0.0960. The molecule has 2 saturated heterocycles. The molecule has 0 bridgehead atoms. The molecule has 5 nitrogen and oxygen atoms in total. The molecule has 3 heterocycles. The number of carbonyl (C=O) groups is 1. The molecule has 32 heavy (non-hydrogen) atoms. The van der Waals surface area contributed by atoms with Gasteiger partial charge in [0.2, 0.25) is 5.56 Å². The number of amides is 1. The number of halogens is 2. The van der Waals surface area contributed by atoms with Crippen molar-refractivity contribution in [1.29, 1.82) is 0 Å². The number of piperidine rings is 2. The van der Waals surface area contributed by atoms with E-state index >= 15 is 0 Å². The second kappa shape index (κ2) is 8.04. The maximum absolute atomic E-state index is 13.6. The molecule has 2 aliphatic heterocycles. The van der Waals surface area contributed by atoms with Crippen LogP contribution in [0.3, 0.4) is 0 Å². The monoisotopic (exact) mass is 437 g/mol. The maximum atomic E-state index is 13.6. The number of rotatable bonds is 2. The second-order valence-electron chi connectivity index (χ2n) is 8.97. The molecule has 1 aromatic heterocycles. The van der Waals surface area contributed by atoms with Crippen LogP contribution < -0.4 is 10.5 Å². The van der Waals surface area contributed by atoms with Crippen LogP contribution in [0.25, 0.3) is 10.9 Å². The van der Waals surface area contributed by atoms with Crippen molar-refractivity contribution in [3.8, 4) is 0 Å². The fraction of sp³-hybridized carbons (Fsp3) is 0.360. The highest BCUT2D eigenvalue weighted by molar-refractivity contribution is 6.05. The molecule has 0 saturated carbocycles. The van der Waals surface area contributed by atoms with E-state index < -0.39 is 11.6 Å². The van der Waals surface area contributed by atoms with Crippen LogP contribution in [0.4, 0.5) is 14.5 Å². The van der Waals surface area contributed by atoms with Crippen molar-refractivity contribution >= 4 is 22.5 Å².